The second-order valence-electron chi connectivity index (χ2n) is 8.47. The third-order valence-corrected chi connectivity index (χ3v) is 6.56. The lowest BCUT2D eigenvalue weighted by Gasteiger charge is -2.35. The van der Waals surface area contributed by atoms with Crippen LogP contribution in [0.3, 0.4) is 0 Å². The predicted molar refractivity (Wildman–Crippen MR) is 120 cm³/mol. The maximum atomic E-state index is 12.5. The molecule has 0 amide bonds. The molecule has 1 atom stereocenters. The van der Waals surface area contributed by atoms with Gasteiger partial charge in [0.25, 0.3) is 5.56 Å². The second-order valence-corrected chi connectivity index (χ2v) is 8.47. The van der Waals surface area contributed by atoms with Crippen LogP contribution in [0, 0.1) is 11.3 Å². The number of aromatic amines is 1. The fourth-order valence-corrected chi connectivity index (χ4v) is 5.02. The number of aromatic nitrogens is 2. The van der Waals surface area contributed by atoms with Gasteiger partial charge >= 0.3 is 0 Å². The molecule has 0 saturated heterocycles. The van der Waals surface area contributed by atoms with Crippen LogP contribution >= 0.6 is 0 Å². The number of rotatable bonds is 3. The van der Waals surface area contributed by atoms with E-state index in [4.69, 9.17) is 5.26 Å². The van der Waals surface area contributed by atoms with Crippen LogP contribution in [-0.2, 0) is 13.0 Å². The fraction of sp³-hybridized carbons (Fsp3) is 0.292. The lowest BCUT2D eigenvalue weighted by atomic mass is 10.0. The van der Waals surface area contributed by atoms with Crippen molar-refractivity contribution >= 4 is 22.4 Å². The van der Waals surface area contributed by atoms with Crippen LogP contribution in [0.1, 0.15) is 23.1 Å². The highest BCUT2D eigenvalue weighted by atomic mass is 16.1. The molecule has 0 unspecified atom stereocenters. The highest BCUT2D eigenvalue weighted by Crippen LogP contribution is 2.34. The van der Waals surface area contributed by atoms with Gasteiger partial charge in [-0.05, 0) is 42.7 Å². The monoisotopic (exact) mass is 410 g/mol. The molecule has 1 aromatic carbocycles. The van der Waals surface area contributed by atoms with E-state index in [1.54, 1.807) is 6.20 Å². The summed E-state index contributed by atoms with van der Waals surface area (Å²) >= 11 is 0. The molecule has 0 saturated carbocycles. The van der Waals surface area contributed by atoms with Crippen molar-refractivity contribution in [2.75, 3.05) is 29.9 Å². The minimum atomic E-state index is 0.0281. The SMILES string of the molecule is N#Cc1ccc(N2CC3=C[C@H]2CN3Cc2ccc3c4c(c(=O)[nH]c3c2)CCCN4)nc1. The average Bonchev–Trinajstić information content (AvgIpc) is 3.40. The van der Waals surface area contributed by atoms with Crippen molar-refractivity contribution in [1.29, 1.82) is 5.26 Å². The Hall–Kier alpha value is -3.79. The van der Waals surface area contributed by atoms with Crippen molar-refractivity contribution < 1.29 is 0 Å². The molecule has 2 aromatic heterocycles. The number of benzene rings is 1. The summed E-state index contributed by atoms with van der Waals surface area (Å²) in [4.78, 5) is 24.7. The first-order chi connectivity index (χ1) is 15.2. The van der Waals surface area contributed by atoms with E-state index in [1.165, 1.54) is 11.3 Å². The molecule has 3 aromatic rings. The van der Waals surface area contributed by atoms with Crippen LogP contribution in [-0.4, -0.2) is 40.5 Å². The number of anilines is 2. The van der Waals surface area contributed by atoms with E-state index in [0.717, 1.165) is 67.0 Å². The Morgan fingerprint density at radius 2 is 2.19 bits per heavy atom. The van der Waals surface area contributed by atoms with Gasteiger partial charge in [-0.2, -0.15) is 5.26 Å². The largest absolute Gasteiger partial charge is 0.384 e. The number of piperazine rings is 1. The number of fused-ring (bicyclic) bond motifs is 4. The molecule has 7 nitrogen and oxygen atoms in total. The normalized spacial score (nSPS) is 19.2. The molecule has 2 bridgehead atoms. The summed E-state index contributed by atoms with van der Waals surface area (Å²) in [6.45, 7) is 3.48. The van der Waals surface area contributed by atoms with Crippen LogP contribution in [0.2, 0.25) is 0 Å². The zero-order chi connectivity index (χ0) is 20.9. The smallest absolute Gasteiger partial charge is 0.253 e. The van der Waals surface area contributed by atoms with E-state index < -0.39 is 0 Å². The van der Waals surface area contributed by atoms with Gasteiger partial charge in [0, 0.05) is 42.5 Å². The van der Waals surface area contributed by atoms with Crippen molar-refractivity contribution in [3.05, 3.63) is 75.3 Å². The van der Waals surface area contributed by atoms with Crippen molar-refractivity contribution in [2.45, 2.75) is 25.4 Å². The first-order valence-corrected chi connectivity index (χ1v) is 10.7. The van der Waals surface area contributed by atoms with Gasteiger partial charge in [0.1, 0.15) is 11.9 Å². The van der Waals surface area contributed by atoms with E-state index in [0.29, 0.717) is 11.6 Å². The summed E-state index contributed by atoms with van der Waals surface area (Å²) in [6.07, 6.45) is 5.78. The van der Waals surface area contributed by atoms with Crippen molar-refractivity contribution in [1.82, 2.24) is 14.9 Å². The minimum absolute atomic E-state index is 0.0281. The highest BCUT2D eigenvalue weighted by molar-refractivity contribution is 5.93. The maximum absolute atomic E-state index is 12.5. The number of H-pyrrole nitrogens is 1. The third-order valence-electron chi connectivity index (χ3n) is 6.56. The van der Waals surface area contributed by atoms with Gasteiger partial charge < -0.3 is 20.1 Å². The molecule has 7 heteroatoms. The van der Waals surface area contributed by atoms with E-state index >= 15 is 0 Å². The summed E-state index contributed by atoms with van der Waals surface area (Å²) in [5.41, 5.74) is 5.89. The van der Waals surface area contributed by atoms with Gasteiger partial charge in [-0.3, -0.25) is 4.79 Å². The number of nitrogens with one attached hydrogen (secondary N) is 2. The topological polar surface area (TPSA) is 88.0 Å². The highest BCUT2D eigenvalue weighted by Gasteiger charge is 2.36. The molecular formula is C24H22N6O. The van der Waals surface area contributed by atoms with Crippen molar-refractivity contribution in [3.63, 3.8) is 0 Å². The first kappa shape index (κ1) is 18.0. The van der Waals surface area contributed by atoms with Gasteiger partial charge in [-0.25, -0.2) is 4.98 Å². The number of hydrogen-bond donors (Lipinski definition) is 2. The first-order valence-electron chi connectivity index (χ1n) is 10.7. The molecule has 154 valence electrons. The summed E-state index contributed by atoms with van der Waals surface area (Å²) in [5, 5.41) is 13.5. The van der Waals surface area contributed by atoms with Crippen LogP contribution in [0.5, 0.6) is 0 Å². The predicted octanol–water partition coefficient (Wildman–Crippen LogP) is 2.74. The van der Waals surface area contributed by atoms with E-state index in [-0.39, 0.29) is 5.56 Å². The molecule has 0 aliphatic carbocycles. The van der Waals surface area contributed by atoms with Gasteiger partial charge in [-0.15, -0.1) is 0 Å². The Kier molecular flexibility index (Phi) is 4.00. The Bertz CT molecular complexity index is 1320. The number of hydrogen-bond acceptors (Lipinski definition) is 6. The number of nitriles is 1. The number of nitrogens with zero attached hydrogens (tertiary/aromatic N) is 4. The Morgan fingerprint density at radius 1 is 1.26 bits per heavy atom. The minimum Gasteiger partial charge on any atom is -0.384 e. The quantitative estimate of drug-likeness (QED) is 0.690. The standard InChI is InChI=1S/C24H22N6O/c25-10-16-4-6-22(27-11-16)30-14-17-9-18(30)13-29(17)12-15-3-5-19-21(8-15)28-24(31)20-2-1-7-26-23(19)20/h3-6,8-9,11,18,26H,1-2,7,12-14H2,(H,28,31)/t18-/m0/s1. The lowest BCUT2D eigenvalue weighted by Crippen LogP contribution is -2.44. The van der Waals surface area contributed by atoms with Crippen molar-refractivity contribution in [2.24, 2.45) is 0 Å². The molecule has 0 radical (unpaired) electrons. The maximum Gasteiger partial charge on any atom is 0.253 e. The Morgan fingerprint density at radius 3 is 2.97 bits per heavy atom. The van der Waals surface area contributed by atoms with Crippen LogP contribution in [0.15, 0.2) is 53.1 Å². The van der Waals surface area contributed by atoms with E-state index in [1.807, 2.05) is 12.1 Å². The lowest BCUT2D eigenvalue weighted by molar-refractivity contribution is 0.322. The molecular weight excluding hydrogens is 388 g/mol. The molecule has 3 aliphatic heterocycles. The summed E-state index contributed by atoms with van der Waals surface area (Å²) in [7, 11) is 0. The Balaban J connectivity index is 1.21. The number of pyridine rings is 2. The van der Waals surface area contributed by atoms with Gasteiger partial charge in [0.2, 0.25) is 0 Å². The van der Waals surface area contributed by atoms with Crippen molar-refractivity contribution in [3.8, 4) is 6.07 Å². The summed E-state index contributed by atoms with van der Waals surface area (Å²) < 4.78 is 0. The molecule has 2 N–H and O–H groups in total. The molecule has 0 fully saturated rings. The zero-order valence-electron chi connectivity index (χ0n) is 17.1. The molecule has 6 rings (SSSR count). The zero-order valence-corrected chi connectivity index (χ0v) is 17.1. The van der Waals surface area contributed by atoms with Crippen LogP contribution in [0.4, 0.5) is 11.5 Å². The molecule has 5 heterocycles. The van der Waals surface area contributed by atoms with Gasteiger partial charge in [-0.1, -0.05) is 12.1 Å². The fourth-order valence-electron chi connectivity index (χ4n) is 5.02. The molecule has 3 aliphatic rings. The second kappa shape index (κ2) is 6.88. The molecule has 0 spiro atoms. The van der Waals surface area contributed by atoms with E-state index in [9.17, 15) is 4.79 Å². The van der Waals surface area contributed by atoms with E-state index in [2.05, 4.69) is 55.4 Å². The molecule has 31 heavy (non-hydrogen) atoms. The summed E-state index contributed by atoms with van der Waals surface area (Å²) in [6, 6.07) is 12.6. The summed E-state index contributed by atoms with van der Waals surface area (Å²) in [5.74, 6) is 0.912. The van der Waals surface area contributed by atoms with Crippen LogP contribution in [0.25, 0.3) is 10.9 Å². The Labute approximate surface area is 179 Å². The third kappa shape index (κ3) is 2.95. The van der Waals surface area contributed by atoms with Gasteiger partial charge in [0.05, 0.1) is 29.4 Å². The average molecular weight is 410 g/mol. The van der Waals surface area contributed by atoms with Crippen LogP contribution < -0.4 is 15.8 Å². The van der Waals surface area contributed by atoms with Gasteiger partial charge in [0.15, 0.2) is 0 Å².